The molecule has 1 heterocycles. The van der Waals surface area contributed by atoms with E-state index in [1.165, 1.54) is 25.3 Å². The normalized spacial score (nSPS) is 25.9. The minimum atomic E-state index is -0.211. The molecule has 1 aliphatic heterocycles. The molecule has 2 aliphatic rings. The predicted octanol–water partition coefficient (Wildman–Crippen LogP) is 3.60. The number of thioether (sulfide) groups is 1. The van der Waals surface area contributed by atoms with Crippen LogP contribution in [-0.4, -0.2) is 17.5 Å². The van der Waals surface area contributed by atoms with Gasteiger partial charge < -0.3 is 10.5 Å². The summed E-state index contributed by atoms with van der Waals surface area (Å²) in [6.45, 7) is 0.826. The smallest absolute Gasteiger partial charge is 0.124 e. The minimum absolute atomic E-state index is 0.137. The van der Waals surface area contributed by atoms with E-state index < -0.39 is 0 Å². The van der Waals surface area contributed by atoms with Gasteiger partial charge in [-0.1, -0.05) is 0 Å². The highest BCUT2D eigenvalue weighted by atomic mass is 32.2. The monoisotopic (exact) mass is 267 g/mol. The molecule has 1 aromatic rings. The SMILES string of the molecule is Nc1ccc(F)cc1SC1CCOC2(CCC2)C1. The van der Waals surface area contributed by atoms with Crippen molar-refractivity contribution in [1.29, 1.82) is 0 Å². The fraction of sp³-hybridized carbons (Fsp3) is 0.571. The number of hydrogen-bond acceptors (Lipinski definition) is 3. The number of hydrogen-bond donors (Lipinski definition) is 1. The Hall–Kier alpha value is -0.740. The molecule has 18 heavy (non-hydrogen) atoms. The van der Waals surface area contributed by atoms with E-state index in [-0.39, 0.29) is 11.4 Å². The first kappa shape index (κ1) is 12.3. The van der Waals surface area contributed by atoms with Gasteiger partial charge in [0.1, 0.15) is 5.82 Å². The molecule has 3 rings (SSSR count). The highest BCUT2D eigenvalue weighted by molar-refractivity contribution is 8.00. The van der Waals surface area contributed by atoms with Crippen LogP contribution in [0.15, 0.2) is 23.1 Å². The average Bonchev–Trinajstić information content (AvgIpc) is 2.32. The first-order valence-electron chi connectivity index (χ1n) is 6.53. The molecular weight excluding hydrogens is 249 g/mol. The second-order valence-electron chi connectivity index (χ2n) is 5.30. The van der Waals surface area contributed by atoms with E-state index >= 15 is 0 Å². The molecule has 1 saturated carbocycles. The van der Waals surface area contributed by atoms with Gasteiger partial charge in [-0.25, -0.2) is 4.39 Å². The Balaban J connectivity index is 1.70. The van der Waals surface area contributed by atoms with Crippen LogP contribution in [0.3, 0.4) is 0 Å². The van der Waals surface area contributed by atoms with Crippen molar-refractivity contribution in [2.24, 2.45) is 0 Å². The summed E-state index contributed by atoms with van der Waals surface area (Å²) < 4.78 is 19.1. The Morgan fingerprint density at radius 3 is 2.94 bits per heavy atom. The fourth-order valence-electron chi connectivity index (χ4n) is 2.79. The van der Waals surface area contributed by atoms with Crippen molar-refractivity contribution in [2.45, 2.75) is 47.9 Å². The van der Waals surface area contributed by atoms with Crippen LogP contribution in [0.5, 0.6) is 0 Å². The van der Waals surface area contributed by atoms with Gasteiger partial charge in [0.15, 0.2) is 0 Å². The highest BCUT2D eigenvalue weighted by Crippen LogP contribution is 2.46. The van der Waals surface area contributed by atoms with E-state index in [1.807, 2.05) is 0 Å². The molecule has 0 radical (unpaired) electrons. The van der Waals surface area contributed by atoms with Crippen LogP contribution in [0.2, 0.25) is 0 Å². The topological polar surface area (TPSA) is 35.2 Å². The van der Waals surface area contributed by atoms with Crippen molar-refractivity contribution < 1.29 is 9.13 Å². The van der Waals surface area contributed by atoms with Gasteiger partial charge in [0.25, 0.3) is 0 Å². The third-order valence-electron chi connectivity index (χ3n) is 3.98. The molecule has 2 nitrogen and oxygen atoms in total. The molecule has 0 aromatic heterocycles. The third-order valence-corrected chi connectivity index (χ3v) is 5.32. The summed E-state index contributed by atoms with van der Waals surface area (Å²) in [5, 5.41) is 0.503. The summed E-state index contributed by atoms with van der Waals surface area (Å²) >= 11 is 1.71. The van der Waals surface area contributed by atoms with Crippen molar-refractivity contribution in [3.8, 4) is 0 Å². The molecular formula is C14H18FNOS. The van der Waals surface area contributed by atoms with Gasteiger partial charge in [0, 0.05) is 22.4 Å². The van der Waals surface area contributed by atoms with Crippen LogP contribution >= 0.6 is 11.8 Å². The fourth-order valence-corrected chi connectivity index (χ4v) is 4.14. The number of benzene rings is 1. The van der Waals surface area contributed by atoms with Gasteiger partial charge in [-0.05, 0) is 50.3 Å². The van der Waals surface area contributed by atoms with E-state index in [0.717, 1.165) is 24.3 Å². The lowest BCUT2D eigenvalue weighted by molar-refractivity contribution is -0.125. The molecule has 2 fully saturated rings. The molecule has 1 spiro atoms. The first-order chi connectivity index (χ1) is 8.67. The summed E-state index contributed by atoms with van der Waals surface area (Å²) in [5.41, 5.74) is 6.72. The molecule has 2 N–H and O–H groups in total. The van der Waals surface area contributed by atoms with Crippen LogP contribution < -0.4 is 5.73 Å². The Morgan fingerprint density at radius 2 is 2.22 bits per heavy atom. The van der Waals surface area contributed by atoms with Crippen LogP contribution in [0.1, 0.15) is 32.1 Å². The molecule has 1 atom stereocenters. The largest absolute Gasteiger partial charge is 0.398 e. The average molecular weight is 267 g/mol. The lowest BCUT2D eigenvalue weighted by atomic mass is 9.75. The maximum Gasteiger partial charge on any atom is 0.124 e. The maximum absolute atomic E-state index is 13.2. The number of nitrogens with two attached hydrogens (primary N) is 1. The summed E-state index contributed by atoms with van der Waals surface area (Å²) in [4.78, 5) is 0.872. The van der Waals surface area contributed by atoms with Crippen molar-refractivity contribution in [2.75, 3.05) is 12.3 Å². The van der Waals surface area contributed by atoms with Gasteiger partial charge in [-0.3, -0.25) is 0 Å². The van der Waals surface area contributed by atoms with Gasteiger partial charge in [-0.15, -0.1) is 11.8 Å². The zero-order valence-corrected chi connectivity index (χ0v) is 11.1. The van der Waals surface area contributed by atoms with Gasteiger partial charge in [-0.2, -0.15) is 0 Å². The quantitative estimate of drug-likeness (QED) is 0.831. The molecule has 0 bridgehead atoms. The van der Waals surface area contributed by atoms with Crippen molar-refractivity contribution in [3.63, 3.8) is 0 Å². The summed E-state index contributed by atoms with van der Waals surface area (Å²) in [5.74, 6) is -0.211. The maximum atomic E-state index is 13.2. The molecule has 1 unspecified atom stereocenters. The second-order valence-corrected chi connectivity index (χ2v) is 6.64. The number of rotatable bonds is 2. The van der Waals surface area contributed by atoms with Crippen LogP contribution in [-0.2, 0) is 4.74 Å². The van der Waals surface area contributed by atoms with Crippen LogP contribution in [0, 0.1) is 5.82 Å². The lowest BCUT2D eigenvalue weighted by Crippen LogP contribution is -2.46. The highest BCUT2D eigenvalue weighted by Gasteiger charge is 2.42. The van der Waals surface area contributed by atoms with E-state index in [2.05, 4.69) is 0 Å². The molecule has 1 aliphatic carbocycles. The Labute approximate surface area is 111 Å². The zero-order chi connectivity index (χ0) is 12.6. The molecule has 1 aromatic carbocycles. The Kier molecular flexibility index (Phi) is 3.24. The van der Waals surface area contributed by atoms with Crippen LogP contribution in [0.4, 0.5) is 10.1 Å². The standard InChI is InChI=1S/C14H18FNOS/c15-10-2-3-12(16)13(8-10)18-11-4-7-17-14(9-11)5-1-6-14/h2-3,8,11H,1,4-7,9,16H2. The van der Waals surface area contributed by atoms with Crippen molar-refractivity contribution in [1.82, 2.24) is 0 Å². The molecule has 1 saturated heterocycles. The van der Waals surface area contributed by atoms with Gasteiger partial charge >= 0.3 is 0 Å². The summed E-state index contributed by atoms with van der Waals surface area (Å²) in [6.07, 6.45) is 5.75. The van der Waals surface area contributed by atoms with E-state index in [1.54, 1.807) is 23.9 Å². The zero-order valence-electron chi connectivity index (χ0n) is 10.3. The van der Waals surface area contributed by atoms with Crippen molar-refractivity contribution >= 4 is 17.4 Å². The summed E-state index contributed by atoms with van der Waals surface area (Å²) in [7, 11) is 0. The Morgan fingerprint density at radius 1 is 1.39 bits per heavy atom. The van der Waals surface area contributed by atoms with Crippen LogP contribution in [0.25, 0.3) is 0 Å². The van der Waals surface area contributed by atoms with Gasteiger partial charge in [0.05, 0.1) is 5.60 Å². The lowest BCUT2D eigenvalue weighted by Gasteiger charge is -2.47. The molecule has 4 heteroatoms. The van der Waals surface area contributed by atoms with E-state index in [0.29, 0.717) is 10.9 Å². The minimum Gasteiger partial charge on any atom is -0.398 e. The number of halogens is 1. The second kappa shape index (κ2) is 4.74. The number of ether oxygens (including phenoxy) is 1. The third kappa shape index (κ3) is 2.36. The van der Waals surface area contributed by atoms with E-state index in [4.69, 9.17) is 10.5 Å². The van der Waals surface area contributed by atoms with Crippen molar-refractivity contribution in [3.05, 3.63) is 24.0 Å². The first-order valence-corrected chi connectivity index (χ1v) is 7.41. The van der Waals surface area contributed by atoms with E-state index in [9.17, 15) is 4.39 Å². The predicted molar refractivity (Wildman–Crippen MR) is 72.2 cm³/mol. The number of nitrogen functional groups attached to an aromatic ring is 1. The molecule has 0 amide bonds. The van der Waals surface area contributed by atoms with Gasteiger partial charge in [0.2, 0.25) is 0 Å². The summed E-state index contributed by atoms with van der Waals surface area (Å²) in [6, 6.07) is 4.61. The molecule has 98 valence electrons. The number of anilines is 1. The Bertz CT molecular complexity index is 447.